The van der Waals surface area contributed by atoms with Crippen LogP contribution in [0.2, 0.25) is 0 Å². The number of nitrogens with one attached hydrogen (secondary N) is 2. The van der Waals surface area contributed by atoms with Gasteiger partial charge in [-0.25, -0.2) is 8.42 Å². The van der Waals surface area contributed by atoms with Gasteiger partial charge < -0.3 is 14.8 Å². The van der Waals surface area contributed by atoms with E-state index in [9.17, 15) is 13.2 Å². The number of ether oxygens (including phenoxy) is 2. The molecule has 2 aliphatic heterocycles. The van der Waals surface area contributed by atoms with E-state index in [1.54, 1.807) is 37.3 Å². The molecular formula is C20H20N2O5S. The highest BCUT2D eigenvalue weighted by Crippen LogP contribution is 2.47. The average Bonchev–Trinajstić information content (AvgIpc) is 3.33. The Labute approximate surface area is 163 Å². The molecule has 2 aromatic carbocycles. The van der Waals surface area contributed by atoms with Gasteiger partial charge in [-0.05, 0) is 55.7 Å². The van der Waals surface area contributed by atoms with E-state index >= 15 is 0 Å². The summed E-state index contributed by atoms with van der Waals surface area (Å²) in [6.07, 6.45) is 3.79. The van der Waals surface area contributed by atoms with Crippen molar-refractivity contribution >= 4 is 27.3 Å². The van der Waals surface area contributed by atoms with Gasteiger partial charge in [-0.1, -0.05) is 0 Å². The fraction of sp³-hybridized carbons (Fsp3) is 0.350. The molecule has 2 heterocycles. The zero-order valence-corrected chi connectivity index (χ0v) is 16.1. The Bertz CT molecular complexity index is 1090. The molecule has 1 fully saturated rings. The lowest BCUT2D eigenvalue weighted by molar-refractivity contribution is -0.116. The number of hydrogen-bond donors (Lipinski definition) is 2. The van der Waals surface area contributed by atoms with Gasteiger partial charge in [-0.15, -0.1) is 0 Å². The predicted molar refractivity (Wildman–Crippen MR) is 103 cm³/mol. The number of benzene rings is 2. The molecule has 0 saturated heterocycles. The largest absolute Gasteiger partial charge is 0.448 e. The monoisotopic (exact) mass is 400 g/mol. The minimum absolute atomic E-state index is 0.111. The van der Waals surface area contributed by atoms with E-state index in [4.69, 9.17) is 9.47 Å². The van der Waals surface area contributed by atoms with Crippen molar-refractivity contribution in [3.05, 3.63) is 42.0 Å². The van der Waals surface area contributed by atoms with E-state index in [1.165, 1.54) is 6.07 Å². The minimum Gasteiger partial charge on any atom is -0.448 e. The maximum atomic E-state index is 12.9. The smallest absolute Gasteiger partial charge is 0.261 e. The molecule has 3 aliphatic rings. The number of rotatable bonds is 3. The van der Waals surface area contributed by atoms with E-state index in [0.717, 1.165) is 25.7 Å². The van der Waals surface area contributed by atoms with Crippen molar-refractivity contribution in [2.45, 2.75) is 49.2 Å². The lowest BCUT2D eigenvalue weighted by atomic mass is 10.0. The van der Waals surface area contributed by atoms with Crippen molar-refractivity contribution < 1.29 is 22.7 Å². The van der Waals surface area contributed by atoms with Crippen LogP contribution in [0, 0.1) is 0 Å². The summed E-state index contributed by atoms with van der Waals surface area (Å²) in [7, 11) is -3.81. The number of sulfonamides is 1. The molecule has 0 unspecified atom stereocenters. The third-order valence-corrected chi connectivity index (χ3v) is 6.98. The Kier molecular flexibility index (Phi) is 3.64. The Morgan fingerprint density at radius 1 is 1.07 bits per heavy atom. The van der Waals surface area contributed by atoms with Crippen LogP contribution in [-0.4, -0.2) is 20.1 Å². The van der Waals surface area contributed by atoms with Crippen molar-refractivity contribution in [2.24, 2.45) is 0 Å². The first-order chi connectivity index (χ1) is 13.4. The van der Waals surface area contributed by atoms with Crippen LogP contribution >= 0.6 is 0 Å². The number of carbonyl (C=O) groups is 1. The number of anilines is 2. The highest BCUT2D eigenvalue weighted by atomic mass is 32.2. The maximum Gasteiger partial charge on any atom is 0.261 e. The molecule has 0 bridgehead atoms. The van der Waals surface area contributed by atoms with Crippen molar-refractivity contribution in [3.8, 4) is 11.5 Å². The second kappa shape index (κ2) is 5.88. The molecular weight excluding hydrogens is 380 g/mol. The molecule has 146 valence electrons. The molecule has 1 aliphatic carbocycles. The lowest BCUT2D eigenvalue weighted by Crippen LogP contribution is -2.34. The van der Waals surface area contributed by atoms with Gasteiger partial charge in [0.1, 0.15) is 0 Å². The van der Waals surface area contributed by atoms with Crippen LogP contribution in [0.25, 0.3) is 0 Å². The Balaban J connectivity index is 1.41. The fourth-order valence-corrected chi connectivity index (χ4v) is 5.14. The second-order valence-electron chi connectivity index (χ2n) is 7.55. The summed E-state index contributed by atoms with van der Waals surface area (Å²) >= 11 is 0. The van der Waals surface area contributed by atoms with Gasteiger partial charge in [0.25, 0.3) is 15.8 Å². The van der Waals surface area contributed by atoms with Crippen molar-refractivity contribution in [3.63, 3.8) is 0 Å². The average molecular weight is 400 g/mol. The summed E-state index contributed by atoms with van der Waals surface area (Å²) in [5.41, 5.74) is 1.74. The molecule has 1 saturated carbocycles. The lowest BCUT2D eigenvalue weighted by Gasteiger charge is -2.21. The maximum absolute atomic E-state index is 12.9. The van der Waals surface area contributed by atoms with Gasteiger partial charge in [-0.2, -0.15) is 0 Å². The molecule has 7 nitrogen and oxygen atoms in total. The van der Waals surface area contributed by atoms with E-state index in [2.05, 4.69) is 10.0 Å². The highest BCUT2D eigenvalue weighted by Gasteiger charge is 2.44. The molecule has 28 heavy (non-hydrogen) atoms. The van der Waals surface area contributed by atoms with Crippen molar-refractivity contribution in [1.82, 2.24) is 0 Å². The molecule has 5 rings (SSSR count). The third kappa shape index (κ3) is 2.71. The summed E-state index contributed by atoms with van der Waals surface area (Å²) in [5, 5.41) is 2.74. The molecule has 1 atom stereocenters. The summed E-state index contributed by atoms with van der Waals surface area (Å²) in [6, 6.07) is 9.69. The van der Waals surface area contributed by atoms with Crippen molar-refractivity contribution in [1.29, 1.82) is 0 Å². The van der Waals surface area contributed by atoms with Gasteiger partial charge in [-0.3, -0.25) is 9.52 Å². The molecule has 8 heteroatoms. The van der Waals surface area contributed by atoms with Gasteiger partial charge in [0, 0.05) is 24.6 Å². The van der Waals surface area contributed by atoms with Crippen LogP contribution in [0.1, 0.15) is 44.1 Å². The van der Waals surface area contributed by atoms with Gasteiger partial charge in [0.2, 0.25) is 5.91 Å². The summed E-state index contributed by atoms with van der Waals surface area (Å²) in [6.45, 7) is 1.75. The molecule has 2 aromatic rings. The van der Waals surface area contributed by atoms with Crippen LogP contribution in [0.5, 0.6) is 11.5 Å². The standard InChI is InChI=1S/C20H20N2O5S/c1-12-15-11-14(5-6-16(15)21-19(12)23)28(24,25)22-13-4-7-17-18(10-13)27-20(26-17)8-2-3-9-20/h4-7,10-12,22H,2-3,8-9H2,1H3,(H,21,23)/t12-/m0/s1. The molecule has 0 radical (unpaired) electrons. The minimum atomic E-state index is -3.81. The molecule has 2 N–H and O–H groups in total. The van der Waals surface area contributed by atoms with Gasteiger partial charge in [0.15, 0.2) is 11.5 Å². The van der Waals surface area contributed by atoms with Crippen molar-refractivity contribution in [2.75, 3.05) is 10.0 Å². The molecule has 1 amide bonds. The second-order valence-corrected chi connectivity index (χ2v) is 9.23. The van der Waals surface area contributed by atoms with Gasteiger partial charge in [0.05, 0.1) is 16.5 Å². The summed E-state index contributed by atoms with van der Waals surface area (Å²) < 4.78 is 40.3. The number of carbonyl (C=O) groups excluding carboxylic acids is 1. The van der Waals surface area contributed by atoms with Crippen LogP contribution in [0.4, 0.5) is 11.4 Å². The van der Waals surface area contributed by atoms with Crippen LogP contribution in [0.3, 0.4) is 0 Å². The van der Waals surface area contributed by atoms with Crippen LogP contribution < -0.4 is 19.5 Å². The Hall–Kier alpha value is -2.74. The van der Waals surface area contributed by atoms with E-state index in [-0.39, 0.29) is 16.7 Å². The van der Waals surface area contributed by atoms with E-state index < -0.39 is 15.8 Å². The molecule has 0 aromatic heterocycles. The third-order valence-electron chi connectivity index (χ3n) is 5.60. The molecule has 1 spiro atoms. The van der Waals surface area contributed by atoms with Gasteiger partial charge >= 0.3 is 0 Å². The first-order valence-electron chi connectivity index (χ1n) is 9.35. The van der Waals surface area contributed by atoms with Crippen LogP contribution in [-0.2, 0) is 14.8 Å². The van der Waals surface area contributed by atoms with E-state index in [0.29, 0.717) is 28.4 Å². The fourth-order valence-electron chi connectivity index (χ4n) is 4.05. The first-order valence-corrected chi connectivity index (χ1v) is 10.8. The zero-order chi connectivity index (χ0) is 19.5. The summed E-state index contributed by atoms with van der Waals surface area (Å²) in [4.78, 5) is 11.9. The zero-order valence-electron chi connectivity index (χ0n) is 15.3. The van der Waals surface area contributed by atoms with E-state index in [1.807, 2.05) is 0 Å². The Morgan fingerprint density at radius 3 is 2.61 bits per heavy atom. The first kappa shape index (κ1) is 17.4. The topological polar surface area (TPSA) is 93.7 Å². The van der Waals surface area contributed by atoms with Crippen LogP contribution in [0.15, 0.2) is 41.3 Å². The number of fused-ring (bicyclic) bond motifs is 2. The number of hydrogen-bond acceptors (Lipinski definition) is 5. The normalized spacial score (nSPS) is 21.6. The highest BCUT2D eigenvalue weighted by molar-refractivity contribution is 7.92. The Morgan fingerprint density at radius 2 is 1.82 bits per heavy atom. The summed E-state index contributed by atoms with van der Waals surface area (Å²) in [5.74, 6) is 0.0999. The quantitative estimate of drug-likeness (QED) is 0.821. The predicted octanol–water partition coefficient (Wildman–Crippen LogP) is 3.58. The number of amides is 1. The SMILES string of the molecule is C[C@@H]1C(=O)Nc2ccc(S(=O)(=O)Nc3ccc4c(c3)OC3(CCCC3)O4)cc21.